The van der Waals surface area contributed by atoms with Crippen molar-refractivity contribution in [3.05, 3.63) is 76.4 Å². The summed E-state index contributed by atoms with van der Waals surface area (Å²) in [5, 5.41) is 15.0. The van der Waals surface area contributed by atoms with E-state index in [1.165, 1.54) is 25.3 Å². The third kappa shape index (κ3) is 5.11. The van der Waals surface area contributed by atoms with Gasteiger partial charge in [0.2, 0.25) is 5.91 Å². The highest BCUT2D eigenvalue weighted by Gasteiger charge is 2.50. The summed E-state index contributed by atoms with van der Waals surface area (Å²) in [6.45, 7) is 3.19. The number of nitrogens with zero attached hydrogens (tertiary/aromatic N) is 1. The van der Waals surface area contributed by atoms with E-state index >= 15 is 0 Å². The number of methoxy groups -OCH3 is 1. The van der Waals surface area contributed by atoms with Gasteiger partial charge in [-0.2, -0.15) is 0 Å². The van der Waals surface area contributed by atoms with Crippen LogP contribution >= 0.6 is 0 Å². The molecule has 2 aromatic carbocycles. The number of benzene rings is 2. The van der Waals surface area contributed by atoms with Crippen molar-refractivity contribution in [1.82, 2.24) is 10.3 Å². The van der Waals surface area contributed by atoms with Crippen molar-refractivity contribution >= 4 is 23.6 Å². The second kappa shape index (κ2) is 10.6. The highest BCUT2D eigenvalue weighted by atomic mass is 19.1. The summed E-state index contributed by atoms with van der Waals surface area (Å²) < 4.78 is 25.0. The van der Waals surface area contributed by atoms with Crippen LogP contribution in [0.1, 0.15) is 53.9 Å². The van der Waals surface area contributed by atoms with E-state index in [2.05, 4.69) is 5.32 Å². The molecule has 1 aliphatic carbocycles. The number of carbonyl (C=O) groups is 2. The number of nitrogens with one attached hydrogen (secondary N) is 1. The normalized spacial score (nSPS) is 19.4. The lowest BCUT2D eigenvalue weighted by Crippen LogP contribution is -2.44. The number of fused-ring (bicyclic) bond motifs is 1. The molecule has 1 aromatic heterocycles. The first-order chi connectivity index (χ1) is 19.9. The fraction of sp³-hybridized carbons (Fsp3) is 0.323. The molecule has 2 atom stereocenters. The zero-order valence-electron chi connectivity index (χ0n) is 23.7. The molecule has 3 aromatic rings. The molecular formula is C31H34FN5O5. The molecule has 2 heterocycles. The molecule has 0 unspecified atom stereocenters. The smallest absolute Gasteiger partial charge is 0.251 e. The maximum absolute atomic E-state index is 13.7. The molecule has 2 amide bonds. The van der Waals surface area contributed by atoms with Gasteiger partial charge in [0.25, 0.3) is 5.91 Å². The van der Waals surface area contributed by atoms with Crippen LogP contribution in [0.25, 0.3) is 17.3 Å². The molecule has 0 radical (unpaired) electrons. The summed E-state index contributed by atoms with van der Waals surface area (Å²) in [5.41, 5.74) is 18.2. The molecular weight excluding hydrogens is 541 g/mol. The van der Waals surface area contributed by atoms with Crippen LogP contribution in [-0.2, 0) is 15.8 Å². The zero-order chi connectivity index (χ0) is 30.4. The van der Waals surface area contributed by atoms with Gasteiger partial charge in [-0.05, 0) is 81.1 Å². The van der Waals surface area contributed by atoms with Crippen molar-refractivity contribution in [2.45, 2.75) is 37.7 Å². The molecule has 2 aliphatic rings. The number of ether oxygens (including phenoxy) is 2. The summed E-state index contributed by atoms with van der Waals surface area (Å²) in [7, 11) is 1.45. The monoisotopic (exact) mass is 575 g/mol. The largest absolute Gasteiger partial charge is 0.495 e. The van der Waals surface area contributed by atoms with Crippen molar-refractivity contribution in [2.75, 3.05) is 26.0 Å². The number of carbonyl (C=O) groups excluding carboxylic acids is 2. The Morgan fingerprint density at radius 3 is 2.52 bits per heavy atom. The lowest BCUT2D eigenvalue weighted by molar-refractivity contribution is -0.123. The van der Waals surface area contributed by atoms with Crippen LogP contribution in [0.15, 0.2) is 48.2 Å². The first-order valence-electron chi connectivity index (χ1n) is 13.5. The summed E-state index contributed by atoms with van der Waals surface area (Å²) in [6, 6.07) is 10.4. The predicted molar refractivity (Wildman–Crippen MR) is 156 cm³/mol. The number of aromatic nitrogens is 1. The number of halogens is 1. The Bertz CT molecular complexity index is 1600. The molecule has 42 heavy (non-hydrogen) atoms. The van der Waals surface area contributed by atoms with Gasteiger partial charge in [0.15, 0.2) is 0 Å². The minimum absolute atomic E-state index is 0.00634. The molecule has 11 heteroatoms. The molecule has 0 spiro atoms. The lowest BCUT2D eigenvalue weighted by atomic mass is 9.81. The van der Waals surface area contributed by atoms with Gasteiger partial charge < -0.3 is 37.1 Å². The van der Waals surface area contributed by atoms with E-state index in [0.717, 1.165) is 0 Å². The van der Waals surface area contributed by atoms with Gasteiger partial charge in [-0.3, -0.25) is 9.59 Å². The topological polar surface area (TPSA) is 176 Å². The number of hydrogen-bond donors (Lipinski definition) is 5. The summed E-state index contributed by atoms with van der Waals surface area (Å²) in [5.74, 6) is -1.04. The van der Waals surface area contributed by atoms with Crippen molar-refractivity contribution in [1.29, 1.82) is 0 Å². The second-order valence-electron chi connectivity index (χ2n) is 11.2. The first-order valence-corrected chi connectivity index (χ1v) is 13.5. The number of aliphatic hydroxyl groups is 1. The average Bonchev–Trinajstić information content (AvgIpc) is 3.76. The van der Waals surface area contributed by atoms with Gasteiger partial charge in [-0.25, -0.2) is 9.37 Å². The van der Waals surface area contributed by atoms with Crippen LogP contribution in [0.2, 0.25) is 0 Å². The van der Waals surface area contributed by atoms with E-state index in [1.54, 1.807) is 44.2 Å². The number of pyridine rings is 1. The Kier molecular flexibility index (Phi) is 7.32. The molecule has 8 N–H and O–H groups in total. The minimum Gasteiger partial charge on any atom is -0.495 e. The number of primary amides is 1. The van der Waals surface area contributed by atoms with E-state index in [9.17, 15) is 19.1 Å². The third-order valence-electron chi connectivity index (χ3n) is 7.99. The maximum Gasteiger partial charge on any atom is 0.251 e. The third-order valence-corrected chi connectivity index (χ3v) is 7.99. The van der Waals surface area contributed by atoms with Gasteiger partial charge in [0, 0.05) is 28.0 Å². The fourth-order valence-electron chi connectivity index (χ4n) is 5.25. The van der Waals surface area contributed by atoms with Crippen LogP contribution in [0.5, 0.6) is 11.5 Å². The van der Waals surface area contributed by atoms with Crippen LogP contribution in [0.4, 0.5) is 10.1 Å². The lowest BCUT2D eigenvalue weighted by Gasteiger charge is -2.30. The Labute approximate surface area is 242 Å². The van der Waals surface area contributed by atoms with Gasteiger partial charge in [0.05, 0.1) is 25.0 Å². The molecule has 0 saturated heterocycles. The van der Waals surface area contributed by atoms with Crippen LogP contribution < -0.4 is 32.0 Å². The number of rotatable bonds is 9. The molecule has 1 aliphatic heterocycles. The zero-order valence-corrected chi connectivity index (χ0v) is 23.7. The highest BCUT2D eigenvalue weighted by Crippen LogP contribution is 2.50. The number of nitrogens with two attached hydrogens (primary N) is 3. The molecule has 5 rings (SSSR count). The maximum atomic E-state index is 13.7. The Balaban J connectivity index is 1.55. The SMILES string of the molecule is COc1cc(C(=O)NC[C@](O)(c2cc3c(c(-c4ccc(F)cc4)n2)OC[C@]3(C)C(N)=O)C2CC2)cc(/C=C(/C)N)c1N. The van der Waals surface area contributed by atoms with Gasteiger partial charge >= 0.3 is 0 Å². The van der Waals surface area contributed by atoms with E-state index in [0.29, 0.717) is 58.1 Å². The van der Waals surface area contributed by atoms with E-state index in [1.807, 2.05) is 0 Å². The summed E-state index contributed by atoms with van der Waals surface area (Å²) in [4.78, 5) is 30.7. The highest BCUT2D eigenvalue weighted by molar-refractivity contribution is 5.96. The van der Waals surface area contributed by atoms with E-state index in [4.69, 9.17) is 31.7 Å². The second-order valence-corrected chi connectivity index (χ2v) is 11.2. The van der Waals surface area contributed by atoms with E-state index < -0.39 is 28.6 Å². The van der Waals surface area contributed by atoms with Crippen molar-refractivity contribution in [3.63, 3.8) is 0 Å². The van der Waals surface area contributed by atoms with Gasteiger partial charge in [-0.1, -0.05) is 0 Å². The standard InChI is InChI=1S/C31H34FN5O5/c1-16(33)10-18-11-19(12-23(41-3)25(18)34)28(38)36-14-31(40,20-6-7-20)24-13-22-27(42-15-30(22,2)29(35)39)26(37-24)17-4-8-21(32)9-5-17/h4-5,8-13,20,40H,6-7,14-15,33-34H2,1-3H3,(H2,35,39)(H,36,38)/b16-10-/t30-,31+/m0/s1. The molecule has 10 nitrogen and oxygen atoms in total. The molecule has 1 fully saturated rings. The van der Waals surface area contributed by atoms with Crippen LogP contribution in [-0.4, -0.2) is 42.2 Å². The Morgan fingerprint density at radius 2 is 1.93 bits per heavy atom. The fourth-order valence-corrected chi connectivity index (χ4v) is 5.25. The van der Waals surface area contributed by atoms with Crippen molar-refractivity contribution < 1.29 is 28.6 Å². The molecule has 1 saturated carbocycles. The molecule has 220 valence electrons. The van der Waals surface area contributed by atoms with E-state index in [-0.39, 0.29) is 30.3 Å². The summed E-state index contributed by atoms with van der Waals surface area (Å²) >= 11 is 0. The quantitative estimate of drug-likeness (QED) is 0.242. The number of hydrogen-bond acceptors (Lipinski definition) is 8. The number of amides is 2. The van der Waals surface area contributed by atoms with Gasteiger partial charge in [0.1, 0.15) is 40.6 Å². The minimum atomic E-state index is -1.59. The van der Waals surface area contributed by atoms with Gasteiger partial charge in [-0.15, -0.1) is 0 Å². The first kappa shape index (κ1) is 28.9. The number of nitrogen functional groups attached to an aromatic ring is 1. The number of allylic oxidation sites excluding steroid dienone is 1. The average molecular weight is 576 g/mol. The van der Waals surface area contributed by atoms with Crippen LogP contribution in [0.3, 0.4) is 0 Å². The summed E-state index contributed by atoms with van der Waals surface area (Å²) in [6.07, 6.45) is 3.06. The Morgan fingerprint density at radius 1 is 1.24 bits per heavy atom. The molecule has 0 bridgehead atoms. The van der Waals surface area contributed by atoms with Crippen molar-refractivity contribution in [3.8, 4) is 22.8 Å². The predicted octanol–water partition coefficient (Wildman–Crippen LogP) is 2.96. The van der Waals surface area contributed by atoms with Crippen molar-refractivity contribution in [2.24, 2.45) is 17.4 Å². The van der Waals surface area contributed by atoms with Crippen LogP contribution in [0, 0.1) is 11.7 Å². The Hall–Kier alpha value is -4.64. The number of anilines is 1.